The van der Waals surface area contributed by atoms with Gasteiger partial charge in [-0.3, -0.25) is 4.98 Å². The maximum Gasteiger partial charge on any atom is 0.341 e. The molecule has 2 aromatic heterocycles. The Morgan fingerprint density at radius 3 is 2.58 bits per heavy atom. The highest BCUT2D eigenvalue weighted by Gasteiger charge is 2.20. The van der Waals surface area contributed by atoms with E-state index in [1.165, 1.54) is 14.2 Å². The van der Waals surface area contributed by atoms with Gasteiger partial charge in [-0.2, -0.15) is 5.26 Å². The van der Waals surface area contributed by atoms with Gasteiger partial charge in [0.1, 0.15) is 40.5 Å². The minimum Gasteiger partial charge on any atom is -0.496 e. The van der Waals surface area contributed by atoms with Crippen molar-refractivity contribution >= 4 is 17.1 Å². The molecular formula is C28H24N2O6. The van der Waals surface area contributed by atoms with E-state index >= 15 is 0 Å². The Bertz CT molecular complexity index is 1460. The first-order valence-corrected chi connectivity index (χ1v) is 11.6. The van der Waals surface area contributed by atoms with Crippen LogP contribution in [0.25, 0.3) is 33.6 Å². The van der Waals surface area contributed by atoms with Crippen LogP contribution in [-0.2, 0) is 9.47 Å². The van der Waals surface area contributed by atoms with Gasteiger partial charge in [0.25, 0.3) is 0 Å². The lowest BCUT2D eigenvalue weighted by atomic mass is 10.0. The molecule has 4 aromatic rings. The number of carbonyl (C=O) groups is 1. The largest absolute Gasteiger partial charge is 0.496 e. The number of furan rings is 1. The average molecular weight is 485 g/mol. The number of hydrogen-bond acceptors (Lipinski definition) is 8. The summed E-state index contributed by atoms with van der Waals surface area (Å²) in [5.41, 5.74) is 4.38. The zero-order valence-electron chi connectivity index (χ0n) is 19.9. The van der Waals surface area contributed by atoms with Crippen molar-refractivity contribution in [2.24, 2.45) is 0 Å². The van der Waals surface area contributed by atoms with Crippen molar-refractivity contribution in [1.29, 1.82) is 5.26 Å². The summed E-state index contributed by atoms with van der Waals surface area (Å²) in [5, 5.41) is 9.78. The molecule has 0 unspecified atom stereocenters. The fourth-order valence-electron chi connectivity index (χ4n) is 4.29. The van der Waals surface area contributed by atoms with Crippen LogP contribution in [-0.4, -0.2) is 44.5 Å². The second kappa shape index (κ2) is 10.1. The van der Waals surface area contributed by atoms with Crippen LogP contribution in [0.3, 0.4) is 0 Å². The molecule has 1 saturated heterocycles. The molecule has 8 nitrogen and oxygen atoms in total. The third-order valence-electron chi connectivity index (χ3n) is 6.18. The second-order valence-electron chi connectivity index (χ2n) is 8.34. The Labute approximate surface area is 208 Å². The van der Waals surface area contributed by atoms with Gasteiger partial charge in [0, 0.05) is 36.2 Å². The fourth-order valence-corrected chi connectivity index (χ4v) is 4.29. The lowest BCUT2D eigenvalue weighted by Crippen LogP contribution is -2.26. The Hall–Kier alpha value is -4.35. The first-order chi connectivity index (χ1) is 17.6. The van der Waals surface area contributed by atoms with Crippen LogP contribution >= 0.6 is 0 Å². The topological polar surface area (TPSA) is 104 Å². The van der Waals surface area contributed by atoms with Gasteiger partial charge in [0.15, 0.2) is 5.58 Å². The molecule has 3 heterocycles. The van der Waals surface area contributed by atoms with Crippen molar-refractivity contribution in [2.75, 3.05) is 27.4 Å². The zero-order valence-corrected chi connectivity index (χ0v) is 19.9. The Kier molecular flexibility index (Phi) is 6.56. The quantitative estimate of drug-likeness (QED) is 0.336. The summed E-state index contributed by atoms with van der Waals surface area (Å²) in [6, 6.07) is 16.6. The van der Waals surface area contributed by atoms with E-state index in [1.807, 2.05) is 24.3 Å². The van der Waals surface area contributed by atoms with E-state index in [4.69, 9.17) is 23.4 Å². The van der Waals surface area contributed by atoms with E-state index < -0.39 is 5.97 Å². The number of carbonyl (C=O) groups excluding carboxylic acids is 1. The maximum atomic E-state index is 12.0. The highest BCUT2D eigenvalue weighted by molar-refractivity contribution is 5.95. The van der Waals surface area contributed by atoms with Crippen LogP contribution in [0.15, 0.2) is 59.1 Å². The fraction of sp³-hybridized carbons (Fsp3) is 0.250. The average Bonchev–Trinajstić information content (AvgIpc) is 3.38. The number of nitrogens with zero attached hydrogens (tertiary/aromatic N) is 2. The Morgan fingerprint density at radius 1 is 1.03 bits per heavy atom. The number of nitriles is 1. The molecule has 0 amide bonds. The number of methoxy groups -OCH3 is 2. The van der Waals surface area contributed by atoms with Crippen LogP contribution in [0, 0.1) is 11.3 Å². The van der Waals surface area contributed by atoms with E-state index in [1.54, 1.807) is 30.5 Å². The lowest BCUT2D eigenvalue weighted by Gasteiger charge is -2.23. The first kappa shape index (κ1) is 23.4. The highest BCUT2D eigenvalue weighted by atomic mass is 16.5. The smallest absolute Gasteiger partial charge is 0.341 e. The third-order valence-corrected chi connectivity index (χ3v) is 6.18. The number of aromatic nitrogens is 1. The van der Waals surface area contributed by atoms with Gasteiger partial charge in [-0.25, -0.2) is 4.79 Å². The molecule has 1 aliphatic rings. The van der Waals surface area contributed by atoms with E-state index in [9.17, 15) is 10.1 Å². The van der Waals surface area contributed by atoms with Crippen molar-refractivity contribution in [3.05, 3.63) is 65.9 Å². The number of esters is 1. The molecule has 182 valence electrons. The zero-order chi connectivity index (χ0) is 25.1. The number of ether oxygens (including phenoxy) is 4. The summed E-state index contributed by atoms with van der Waals surface area (Å²) in [5.74, 6) is 1.03. The minimum absolute atomic E-state index is 0.0412. The van der Waals surface area contributed by atoms with E-state index in [0.29, 0.717) is 52.7 Å². The third kappa shape index (κ3) is 4.49. The maximum absolute atomic E-state index is 12.0. The summed E-state index contributed by atoms with van der Waals surface area (Å²) < 4.78 is 27.9. The summed E-state index contributed by atoms with van der Waals surface area (Å²) in [4.78, 5) is 16.5. The predicted molar refractivity (Wildman–Crippen MR) is 132 cm³/mol. The normalized spacial score (nSPS) is 13.8. The van der Waals surface area contributed by atoms with Gasteiger partial charge in [-0.1, -0.05) is 12.1 Å². The summed E-state index contributed by atoms with van der Waals surface area (Å²) in [7, 11) is 2.82. The van der Waals surface area contributed by atoms with Crippen molar-refractivity contribution < 1.29 is 28.2 Å². The lowest BCUT2D eigenvalue weighted by molar-refractivity contribution is 0.0254. The van der Waals surface area contributed by atoms with Crippen LogP contribution in [0.4, 0.5) is 0 Å². The molecule has 0 saturated carbocycles. The van der Waals surface area contributed by atoms with Crippen LogP contribution in [0.2, 0.25) is 0 Å². The second-order valence-corrected chi connectivity index (χ2v) is 8.34. The molecule has 1 aliphatic heterocycles. The molecular weight excluding hydrogens is 460 g/mol. The highest BCUT2D eigenvalue weighted by Crippen LogP contribution is 2.37. The number of pyridine rings is 1. The van der Waals surface area contributed by atoms with Crippen LogP contribution in [0.1, 0.15) is 28.8 Å². The molecule has 0 spiro atoms. The monoisotopic (exact) mass is 484 g/mol. The molecule has 8 heteroatoms. The predicted octanol–water partition coefficient (Wildman–Crippen LogP) is 5.39. The van der Waals surface area contributed by atoms with Crippen molar-refractivity contribution in [3.8, 4) is 40.0 Å². The van der Waals surface area contributed by atoms with Crippen molar-refractivity contribution in [3.63, 3.8) is 0 Å². The first-order valence-electron chi connectivity index (χ1n) is 11.6. The molecule has 0 radical (unpaired) electrons. The number of hydrogen-bond donors (Lipinski definition) is 0. The summed E-state index contributed by atoms with van der Waals surface area (Å²) in [6.07, 6.45) is 3.35. The number of fused-ring (bicyclic) bond motifs is 1. The van der Waals surface area contributed by atoms with Gasteiger partial charge < -0.3 is 23.4 Å². The molecule has 1 fully saturated rings. The van der Waals surface area contributed by atoms with E-state index in [0.717, 1.165) is 29.5 Å². The van der Waals surface area contributed by atoms with Gasteiger partial charge in [-0.05, 0) is 35.9 Å². The molecule has 5 rings (SSSR count). The Balaban J connectivity index is 1.50. The van der Waals surface area contributed by atoms with Crippen molar-refractivity contribution in [1.82, 2.24) is 4.98 Å². The van der Waals surface area contributed by atoms with Crippen LogP contribution < -0.4 is 9.47 Å². The molecule has 2 aromatic carbocycles. The van der Waals surface area contributed by atoms with E-state index in [2.05, 4.69) is 11.1 Å². The number of benzene rings is 2. The Morgan fingerprint density at radius 2 is 1.83 bits per heavy atom. The van der Waals surface area contributed by atoms with E-state index in [-0.39, 0.29) is 6.10 Å². The molecule has 0 atom stereocenters. The number of rotatable bonds is 6. The van der Waals surface area contributed by atoms with Crippen molar-refractivity contribution in [2.45, 2.75) is 18.9 Å². The standard InChI is InChI=1S/C28H24N2O6/c1-32-26-14-18(3-5-22(26)28(31)33-2)25-15-23-27(36-25)21(7-10-30-23)17-4-6-24(19(13-17)16-29)35-20-8-11-34-12-9-20/h3-7,10,13-15,20H,8-9,11-12H2,1-2H3. The molecule has 0 bridgehead atoms. The summed E-state index contributed by atoms with van der Waals surface area (Å²) >= 11 is 0. The van der Waals surface area contributed by atoms with Gasteiger partial charge in [0.05, 0.1) is 33.0 Å². The summed E-state index contributed by atoms with van der Waals surface area (Å²) in [6.45, 7) is 1.33. The van der Waals surface area contributed by atoms with Crippen LogP contribution in [0.5, 0.6) is 11.5 Å². The van der Waals surface area contributed by atoms with Gasteiger partial charge >= 0.3 is 5.97 Å². The van der Waals surface area contributed by atoms with Gasteiger partial charge in [-0.15, -0.1) is 0 Å². The molecule has 36 heavy (non-hydrogen) atoms. The molecule has 0 N–H and O–H groups in total. The molecule has 0 aliphatic carbocycles. The van der Waals surface area contributed by atoms with Gasteiger partial charge in [0.2, 0.25) is 0 Å². The minimum atomic E-state index is -0.482. The SMILES string of the molecule is COC(=O)c1ccc(-c2cc3nccc(-c4ccc(OC5CCOCC5)c(C#N)c4)c3o2)cc1OC.